The maximum Gasteiger partial charge on any atom is 0.222 e. The van der Waals surface area contributed by atoms with Crippen LogP contribution in [0.2, 0.25) is 0 Å². The van der Waals surface area contributed by atoms with Crippen molar-refractivity contribution >= 4 is 22.6 Å². The van der Waals surface area contributed by atoms with Crippen molar-refractivity contribution < 1.29 is 19.1 Å². The number of benzene rings is 3. The third kappa shape index (κ3) is 4.83. The molecule has 2 atom stereocenters. The average molecular weight is 473 g/mol. The molecule has 2 aliphatic heterocycles. The molecule has 182 valence electrons. The van der Waals surface area contributed by atoms with E-state index >= 15 is 0 Å². The lowest BCUT2D eigenvalue weighted by Gasteiger charge is -2.31. The molecular formula is C29H32N2O4. The molecule has 0 radical (unpaired) electrons. The second kappa shape index (κ2) is 9.61. The van der Waals surface area contributed by atoms with Crippen LogP contribution in [0, 0.1) is 0 Å². The number of likely N-dealkylation sites (N-methyl/N-ethyl adjacent to an activating group) is 1. The molecule has 0 bridgehead atoms. The zero-order valence-corrected chi connectivity index (χ0v) is 20.4. The van der Waals surface area contributed by atoms with E-state index in [0.717, 1.165) is 40.7 Å². The molecule has 3 aromatic carbocycles. The summed E-state index contributed by atoms with van der Waals surface area (Å²) in [5, 5.41) is 5.40. The predicted octanol–water partition coefficient (Wildman–Crippen LogP) is 4.28. The Morgan fingerprint density at radius 1 is 1.11 bits per heavy atom. The van der Waals surface area contributed by atoms with Gasteiger partial charge in [-0.3, -0.25) is 9.59 Å². The normalized spacial score (nSPS) is 20.9. The number of amides is 2. The van der Waals surface area contributed by atoms with Gasteiger partial charge in [-0.2, -0.15) is 0 Å². The SMILES string of the molecule is COc1ccc(C[C@@]2(CCC(=O)N(C)C[C@H]3Cc4ccccc4O3)CCC(=O)N2)c2ccccc12. The van der Waals surface area contributed by atoms with E-state index in [1.807, 2.05) is 43.4 Å². The van der Waals surface area contributed by atoms with Gasteiger partial charge in [0.1, 0.15) is 17.6 Å². The van der Waals surface area contributed by atoms with E-state index in [1.165, 1.54) is 5.56 Å². The molecule has 35 heavy (non-hydrogen) atoms. The number of nitrogens with zero attached hydrogens (tertiary/aromatic N) is 1. The fraction of sp³-hybridized carbons (Fsp3) is 0.379. The summed E-state index contributed by atoms with van der Waals surface area (Å²) < 4.78 is 11.6. The van der Waals surface area contributed by atoms with Crippen LogP contribution < -0.4 is 14.8 Å². The van der Waals surface area contributed by atoms with E-state index in [1.54, 1.807) is 12.0 Å². The van der Waals surface area contributed by atoms with Gasteiger partial charge < -0.3 is 19.7 Å². The van der Waals surface area contributed by atoms with Crippen LogP contribution in [0.4, 0.5) is 0 Å². The Balaban J connectivity index is 1.26. The fourth-order valence-corrected chi connectivity index (χ4v) is 5.51. The van der Waals surface area contributed by atoms with Crippen molar-refractivity contribution in [2.24, 2.45) is 0 Å². The number of ether oxygens (including phenoxy) is 2. The van der Waals surface area contributed by atoms with Gasteiger partial charge in [0.2, 0.25) is 11.8 Å². The molecule has 0 spiro atoms. The molecule has 0 aliphatic carbocycles. The average Bonchev–Trinajstić information content (AvgIpc) is 3.45. The van der Waals surface area contributed by atoms with Crippen LogP contribution in [0.5, 0.6) is 11.5 Å². The molecule has 3 aromatic rings. The van der Waals surface area contributed by atoms with E-state index < -0.39 is 5.54 Å². The summed E-state index contributed by atoms with van der Waals surface area (Å²) in [5.74, 6) is 1.88. The minimum atomic E-state index is -0.426. The maximum atomic E-state index is 13.1. The van der Waals surface area contributed by atoms with Gasteiger partial charge in [-0.15, -0.1) is 0 Å². The number of carbonyl (C=O) groups is 2. The molecule has 0 unspecified atom stereocenters. The van der Waals surface area contributed by atoms with E-state index in [-0.39, 0.29) is 17.9 Å². The maximum absolute atomic E-state index is 13.1. The van der Waals surface area contributed by atoms with Crippen LogP contribution in [0.1, 0.15) is 36.8 Å². The number of para-hydroxylation sites is 1. The highest BCUT2D eigenvalue weighted by atomic mass is 16.5. The van der Waals surface area contributed by atoms with Gasteiger partial charge in [0.15, 0.2) is 0 Å². The Labute approximate surface area is 206 Å². The first-order valence-corrected chi connectivity index (χ1v) is 12.3. The molecule has 1 fully saturated rings. The standard InChI is InChI=1S/C29H32N2O4/c1-31(19-22-17-20-7-3-6-10-25(20)35-22)28(33)14-16-29(15-13-27(32)30-29)18-21-11-12-26(34-2)24-9-5-4-8-23(21)24/h3-12,22H,13-19H2,1-2H3,(H,30,32)/t22-,29+/m1/s1. The van der Waals surface area contributed by atoms with Gasteiger partial charge in [0.25, 0.3) is 0 Å². The molecule has 2 amide bonds. The number of methoxy groups -OCH3 is 1. The highest BCUT2D eigenvalue weighted by Gasteiger charge is 2.38. The molecule has 5 rings (SSSR count). The third-order valence-corrected chi connectivity index (χ3v) is 7.39. The van der Waals surface area contributed by atoms with E-state index in [0.29, 0.717) is 32.2 Å². The van der Waals surface area contributed by atoms with Crippen molar-refractivity contribution in [1.82, 2.24) is 10.2 Å². The molecule has 6 nitrogen and oxygen atoms in total. The van der Waals surface area contributed by atoms with Gasteiger partial charge in [-0.05, 0) is 47.9 Å². The summed E-state index contributed by atoms with van der Waals surface area (Å²) in [5.41, 5.74) is 1.92. The zero-order valence-electron chi connectivity index (χ0n) is 20.4. The number of nitrogens with one attached hydrogen (secondary N) is 1. The minimum absolute atomic E-state index is 0.0212. The smallest absolute Gasteiger partial charge is 0.222 e. The van der Waals surface area contributed by atoms with E-state index in [9.17, 15) is 9.59 Å². The summed E-state index contributed by atoms with van der Waals surface area (Å²) >= 11 is 0. The summed E-state index contributed by atoms with van der Waals surface area (Å²) in [6, 6.07) is 20.3. The quantitative estimate of drug-likeness (QED) is 0.531. The Morgan fingerprint density at radius 3 is 2.63 bits per heavy atom. The largest absolute Gasteiger partial charge is 0.496 e. The number of carbonyl (C=O) groups excluding carboxylic acids is 2. The summed E-state index contributed by atoms with van der Waals surface area (Å²) in [7, 11) is 3.52. The van der Waals surface area contributed by atoms with Gasteiger partial charge in [0, 0.05) is 37.2 Å². The zero-order chi connectivity index (χ0) is 24.4. The highest BCUT2D eigenvalue weighted by molar-refractivity contribution is 5.91. The van der Waals surface area contributed by atoms with Crippen molar-refractivity contribution in [3.63, 3.8) is 0 Å². The number of fused-ring (bicyclic) bond motifs is 2. The fourth-order valence-electron chi connectivity index (χ4n) is 5.51. The van der Waals surface area contributed by atoms with E-state index in [2.05, 4.69) is 29.6 Å². The molecule has 1 N–H and O–H groups in total. The van der Waals surface area contributed by atoms with Crippen molar-refractivity contribution in [3.05, 3.63) is 71.8 Å². The van der Waals surface area contributed by atoms with Gasteiger partial charge in [-0.25, -0.2) is 0 Å². The molecule has 2 aliphatic rings. The molecule has 0 saturated carbocycles. The van der Waals surface area contributed by atoms with Crippen LogP contribution in [0.3, 0.4) is 0 Å². The topological polar surface area (TPSA) is 67.9 Å². The predicted molar refractivity (Wildman–Crippen MR) is 136 cm³/mol. The minimum Gasteiger partial charge on any atom is -0.496 e. The van der Waals surface area contributed by atoms with Crippen molar-refractivity contribution in [2.45, 2.75) is 50.2 Å². The van der Waals surface area contributed by atoms with Crippen LogP contribution in [0.15, 0.2) is 60.7 Å². The van der Waals surface area contributed by atoms with Crippen LogP contribution in [-0.2, 0) is 22.4 Å². The first-order chi connectivity index (χ1) is 17.0. The summed E-state index contributed by atoms with van der Waals surface area (Å²) in [6.07, 6.45) is 3.68. The molecular weight excluding hydrogens is 440 g/mol. The Hall–Kier alpha value is -3.54. The van der Waals surface area contributed by atoms with Gasteiger partial charge in [-0.1, -0.05) is 48.5 Å². The molecule has 1 saturated heterocycles. The first-order valence-electron chi connectivity index (χ1n) is 12.3. The van der Waals surface area contributed by atoms with Crippen LogP contribution in [0.25, 0.3) is 10.8 Å². The summed E-state index contributed by atoms with van der Waals surface area (Å²) in [6.45, 7) is 0.552. The van der Waals surface area contributed by atoms with Gasteiger partial charge >= 0.3 is 0 Å². The monoisotopic (exact) mass is 472 g/mol. The lowest BCUT2D eigenvalue weighted by Crippen LogP contribution is -2.45. The summed E-state index contributed by atoms with van der Waals surface area (Å²) in [4.78, 5) is 27.1. The van der Waals surface area contributed by atoms with Crippen LogP contribution in [-0.4, -0.2) is 49.1 Å². The van der Waals surface area contributed by atoms with Crippen molar-refractivity contribution in [1.29, 1.82) is 0 Å². The second-order valence-corrected chi connectivity index (χ2v) is 9.80. The molecule has 0 aromatic heterocycles. The highest BCUT2D eigenvalue weighted by Crippen LogP contribution is 2.35. The van der Waals surface area contributed by atoms with Crippen molar-refractivity contribution in [2.75, 3.05) is 20.7 Å². The molecule has 2 heterocycles. The van der Waals surface area contributed by atoms with Gasteiger partial charge in [0.05, 0.1) is 13.7 Å². The first kappa shape index (κ1) is 23.2. The third-order valence-electron chi connectivity index (χ3n) is 7.39. The van der Waals surface area contributed by atoms with Crippen LogP contribution >= 0.6 is 0 Å². The Morgan fingerprint density at radius 2 is 1.89 bits per heavy atom. The van der Waals surface area contributed by atoms with Crippen molar-refractivity contribution in [3.8, 4) is 11.5 Å². The lowest BCUT2D eigenvalue weighted by atomic mass is 9.83. The number of hydrogen-bond acceptors (Lipinski definition) is 4. The number of hydrogen-bond donors (Lipinski definition) is 1. The van der Waals surface area contributed by atoms with E-state index in [4.69, 9.17) is 9.47 Å². The lowest BCUT2D eigenvalue weighted by molar-refractivity contribution is -0.131. The Kier molecular flexibility index (Phi) is 6.37. The second-order valence-electron chi connectivity index (χ2n) is 9.80. The molecule has 6 heteroatoms. The Bertz CT molecular complexity index is 1230. The number of rotatable bonds is 8.